The van der Waals surface area contributed by atoms with Gasteiger partial charge in [0.25, 0.3) is 11.5 Å². The summed E-state index contributed by atoms with van der Waals surface area (Å²) in [5.74, 6) is 0.867. The molecule has 1 amide bonds. The lowest BCUT2D eigenvalue weighted by Gasteiger charge is -2.29. The van der Waals surface area contributed by atoms with Gasteiger partial charge in [0.2, 0.25) is 0 Å². The first-order chi connectivity index (χ1) is 13.9. The van der Waals surface area contributed by atoms with Crippen LogP contribution in [0.5, 0.6) is 0 Å². The predicted octanol–water partition coefficient (Wildman–Crippen LogP) is 2.26. The molecule has 0 bridgehead atoms. The molecule has 0 aliphatic heterocycles. The van der Waals surface area contributed by atoms with Gasteiger partial charge in [-0.25, -0.2) is 14.3 Å². The first kappa shape index (κ1) is 19.1. The molecule has 1 saturated carbocycles. The van der Waals surface area contributed by atoms with E-state index in [1.807, 2.05) is 19.9 Å². The molecule has 3 aromatic rings. The second kappa shape index (κ2) is 7.65. The molecule has 3 aromatic heterocycles. The van der Waals surface area contributed by atoms with E-state index in [1.54, 1.807) is 28.4 Å². The molecule has 1 aliphatic rings. The summed E-state index contributed by atoms with van der Waals surface area (Å²) in [6, 6.07) is 5.26. The molecule has 4 rings (SSSR count). The summed E-state index contributed by atoms with van der Waals surface area (Å²) >= 11 is 0. The van der Waals surface area contributed by atoms with Crippen molar-refractivity contribution in [2.45, 2.75) is 58.5 Å². The number of carbonyl (C=O) groups is 1. The van der Waals surface area contributed by atoms with Gasteiger partial charge in [-0.2, -0.15) is 5.10 Å². The van der Waals surface area contributed by atoms with E-state index in [9.17, 15) is 9.59 Å². The molecule has 0 unspecified atom stereocenters. The van der Waals surface area contributed by atoms with Crippen molar-refractivity contribution in [1.29, 1.82) is 0 Å². The number of hydrogen-bond acceptors (Lipinski definition) is 6. The molecule has 1 aliphatic carbocycles. The Kier molecular flexibility index (Phi) is 5.04. The van der Waals surface area contributed by atoms with Crippen molar-refractivity contribution >= 4 is 5.91 Å². The molecular formula is C20H24N6O3. The van der Waals surface area contributed by atoms with E-state index in [4.69, 9.17) is 4.42 Å². The van der Waals surface area contributed by atoms with Crippen LogP contribution in [0.2, 0.25) is 0 Å². The van der Waals surface area contributed by atoms with E-state index < -0.39 is 0 Å². The van der Waals surface area contributed by atoms with Crippen LogP contribution in [0.15, 0.2) is 33.7 Å². The van der Waals surface area contributed by atoms with Crippen molar-refractivity contribution in [2.75, 3.05) is 0 Å². The lowest BCUT2D eigenvalue weighted by Crippen LogP contribution is -2.39. The molecule has 29 heavy (non-hydrogen) atoms. The van der Waals surface area contributed by atoms with Gasteiger partial charge in [0, 0.05) is 24.7 Å². The Bertz CT molecular complexity index is 1090. The summed E-state index contributed by atoms with van der Waals surface area (Å²) in [5, 5.41) is 12.0. The maximum atomic E-state index is 12.4. The summed E-state index contributed by atoms with van der Waals surface area (Å²) in [4.78, 5) is 28.7. The summed E-state index contributed by atoms with van der Waals surface area (Å²) in [5.41, 5.74) is 2.04. The molecule has 1 fully saturated rings. The molecule has 0 atom stereocenters. The van der Waals surface area contributed by atoms with Crippen molar-refractivity contribution < 1.29 is 9.21 Å². The zero-order valence-electron chi connectivity index (χ0n) is 16.8. The van der Waals surface area contributed by atoms with Crippen molar-refractivity contribution in [1.82, 2.24) is 29.9 Å². The lowest BCUT2D eigenvalue weighted by molar-refractivity contribution is 0.0916. The van der Waals surface area contributed by atoms with Crippen LogP contribution in [-0.2, 0) is 0 Å². The first-order valence-corrected chi connectivity index (χ1v) is 9.77. The smallest absolute Gasteiger partial charge is 0.273 e. The number of amides is 1. The van der Waals surface area contributed by atoms with Crippen LogP contribution in [0.25, 0.3) is 5.82 Å². The number of hydrogen-bond donors (Lipinski definition) is 1. The monoisotopic (exact) mass is 396 g/mol. The van der Waals surface area contributed by atoms with E-state index >= 15 is 0 Å². The fraction of sp³-hybridized carbons (Fsp3) is 0.450. The Morgan fingerprint density at radius 3 is 2.52 bits per heavy atom. The Hall–Kier alpha value is -3.23. The van der Waals surface area contributed by atoms with Crippen LogP contribution >= 0.6 is 0 Å². The molecule has 0 spiro atoms. The van der Waals surface area contributed by atoms with Gasteiger partial charge in [0.15, 0.2) is 17.4 Å². The topological polar surface area (TPSA) is 108 Å². The van der Waals surface area contributed by atoms with Crippen LogP contribution in [0, 0.1) is 20.8 Å². The van der Waals surface area contributed by atoms with Crippen LogP contribution in [0.4, 0.5) is 0 Å². The fourth-order valence-electron chi connectivity index (χ4n) is 3.84. The van der Waals surface area contributed by atoms with Gasteiger partial charge in [-0.3, -0.25) is 9.59 Å². The number of aryl methyl sites for hydroxylation is 3. The Balaban J connectivity index is 1.44. The predicted molar refractivity (Wildman–Crippen MR) is 105 cm³/mol. The van der Waals surface area contributed by atoms with Gasteiger partial charge >= 0.3 is 0 Å². The highest BCUT2D eigenvalue weighted by Crippen LogP contribution is 2.27. The molecule has 9 nitrogen and oxygen atoms in total. The molecule has 1 N–H and O–H groups in total. The van der Waals surface area contributed by atoms with Crippen LogP contribution in [-0.4, -0.2) is 36.5 Å². The normalized spacial score (nSPS) is 19.3. The third-order valence-corrected chi connectivity index (χ3v) is 5.27. The number of rotatable bonds is 4. The first-order valence-electron chi connectivity index (χ1n) is 9.77. The minimum atomic E-state index is -0.230. The van der Waals surface area contributed by atoms with E-state index in [0.717, 1.165) is 37.1 Å². The van der Waals surface area contributed by atoms with Gasteiger partial charge in [0.1, 0.15) is 6.26 Å². The van der Waals surface area contributed by atoms with Gasteiger partial charge in [0.05, 0.1) is 11.7 Å². The number of oxazole rings is 1. The highest BCUT2D eigenvalue weighted by atomic mass is 16.3. The van der Waals surface area contributed by atoms with Gasteiger partial charge in [-0.15, -0.1) is 5.10 Å². The summed E-state index contributed by atoms with van der Waals surface area (Å²) < 4.78 is 8.40. The van der Waals surface area contributed by atoms with Gasteiger partial charge in [-0.1, -0.05) is 0 Å². The molecule has 9 heteroatoms. The van der Waals surface area contributed by atoms with Crippen molar-refractivity contribution in [3.05, 3.63) is 57.8 Å². The number of aromatic nitrogens is 5. The highest BCUT2D eigenvalue weighted by molar-refractivity contribution is 5.92. The molecular weight excluding hydrogens is 372 g/mol. The minimum Gasteiger partial charge on any atom is -0.448 e. The molecule has 0 aromatic carbocycles. The van der Waals surface area contributed by atoms with Crippen molar-refractivity contribution in [2.24, 2.45) is 0 Å². The zero-order chi connectivity index (χ0) is 20.5. The van der Waals surface area contributed by atoms with Crippen LogP contribution < -0.4 is 10.9 Å². The number of nitrogens with zero attached hydrogens (tertiary/aromatic N) is 5. The highest BCUT2D eigenvalue weighted by Gasteiger charge is 2.26. The third kappa shape index (κ3) is 3.98. The van der Waals surface area contributed by atoms with Gasteiger partial charge in [-0.05, 0) is 51.7 Å². The quantitative estimate of drug-likeness (QED) is 0.725. The van der Waals surface area contributed by atoms with Crippen molar-refractivity contribution in [3.63, 3.8) is 0 Å². The maximum absolute atomic E-state index is 12.4. The van der Waals surface area contributed by atoms with Crippen LogP contribution in [0.3, 0.4) is 0 Å². The van der Waals surface area contributed by atoms with E-state index in [0.29, 0.717) is 17.4 Å². The summed E-state index contributed by atoms with van der Waals surface area (Å²) in [6.07, 6.45) is 4.42. The van der Waals surface area contributed by atoms with Crippen LogP contribution in [0.1, 0.15) is 59.5 Å². The zero-order valence-corrected chi connectivity index (χ0v) is 16.8. The van der Waals surface area contributed by atoms with E-state index in [2.05, 4.69) is 20.5 Å². The third-order valence-electron chi connectivity index (χ3n) is 5.27. The largest absolute Gasteiger partial charge is 0.448 e. The second-order valence-electron chi connectivity index (χ2n) is 7.54. The average molecular weight is 396 g/mol. The lowest BCUT2D eigenvalue weighted by atomic mass is 9.91. The summed E-state index contributed by atoms with van der Waals surface area (Å²) in [6.45, 7) is 5.59. The molecule has 0 radical (unpaired) electrons. The molecule has 3 heterocycles. The maximum Gasteiger partial charge on any atom is 0.273 e. The standard InChI is InChI=1S/C20H24N6O3/c1-12-10-13(2)25(23-12)18-8-9-19(27)26(24-18)16-6-4-15(5-7-16)22-20(28)17-11-29-14(3)21-17/h8-11,15-16H,4-7H2,1-3H3,(H,22,28). The molecule has 0 saturated heterocycles. The summed E-state index contributed by atoms with van der Waals surface area (Å²) in [7, 11) is 0. The minimum absolute atomic E-state index is 0.00172. The number of nitrogens with one attached hydrogen (secondary N) is 1. The van der Waals surface area contributed by atoms with E-state index in [-0.39, 0.29) is 23.6 Å². The Morgan fingerprint density at radius 2 is 1.90 bits per heavy atom. The second-order valence-corrected chi connectivity index (χ2v) is 7.54. The van der Waals surface area contributed by atoms with Gasteiger partial charge < -0.3 is 9.73 Å². The fourth-order valence-corrected chi connectivity index (χ4v) is 3.84. The van der Waals surface area contributed by atoms with Crippen molar-refractivity contribution in [3.8, 4) is 5.82 Å². The SMILES string of the molecule is Cc1cc(C)n(-c2ccc(=O)n(C3CCC(NC(=O)c4coc(C)n4)CC3)n2)n1. The Labute approximate surface area is 167 Å². The Morgan fingerprint density at radius 1 is 1.14 bits per heavy atom. The average Bonchev–Trinajstić information content (AvgIpc) is 3.28. The molecule has 152 valence electrons. The number of carbonyl (C=O) groups excluding carboxylic acids is 1. The van der Waals surface area contributed by atoms with E-state index in [1.165, 1.54) is 6.26 Å².